The minimum atomic E-state index is -3.62. The Balaban J connectivity index is 2.27. The molecular formula is C13H9N2O2S. The number of hydrogen-bond acceptors (Lipinski definition) is 3. The van der Waals surface area contributed by atoms with E-state index < -0.39 is 10.0 Å². The SMILES string of the molecule is O=S(=O)(c1ccccc1)n1[c]nc2ccccc21. The van der Waals surface area contributed by atoms with Gasteiger partial charge in [0.25, 0.3) is 10.0 Å². The molecule has 0 unspecified atom stereocenters. The minimum absolute atomic E-state index is 0.226. The van der Waals surface area contributed by atoms with Crippen LogP contribution in [0.2, 0.25) is 0 Å². The van der Waals surface area contributed by atoms with Gasteiger partial charge in [-0.1, -0.05) is 30.3 Å². The predicted molar refractivity (Wildman–Crippen MR) is 67.6 cm³/mol. The number of nitrogens with zero attached hydrogens (tertiary/aromatic N) is 2. The summed E-state index contributed by atoms with van der Waals surface area (Å²) in [6.07, 6.45) is 2.53. The molecule has 0 aliphatic carbocycles. The van der Waals surface area contributed by atoms with Crippen molar-refractivity contribution in [3.63, 3.8) is 0 Å². The molecule has 0 saturated heterocycles. The maximum absolute atomic E-state index is 12.4. The molecule has 1 radical (unpaired) electrons. The van der Waals surface area contributed by atoms with E-state index >= 15 is 0 Å². The number of benzene rings is 2. The molecule has 0 atom stereocenters. The van der Waals surface area contributed by atoms with E-state index in [9.17, 15) is 8.42 Å². The third-order valence-corrected chi connectivity index (χ3v) is 4.27. The lowest BCUT2D eigenvalue weighted by atomic mass is 10.3. The molecule has 3 aromatic rings. The summed E-state index contributed by atoms with van der Waals surface area (Å²) in [7, 11) is -3.62. The Kier molecular flexibility index (Phi) is 2.41. The fourth-order valence-corrected chi connectivity index (χ4v) is 3.04. The van der Waals surface area contributed by atoms with Gasteiger partial charge in [0.05, 0.1) is 15.9 Å². The van der Waals surface area contributed by atoms with Crippen LogP contribution in [0.3, 0.4) is 0 Å². The van der Waals surface area contributed by atoms with E-state index in [4.69, 9.17) is 0 Å². The van der Waals surface area contributed by atoms with Crippen molar-refractivity contribution >= 4 is 21.1 Å². The van der Waals surface area contributed by atoms with Gasteiger partial charge in [-0.25, -0.2) is 17.4 Å². The molecule has 0 saturated carbocycles. The summed E-state index contributed by atoms with van der Waals surface area (Å²) in [6.45, 7) is 0. The van der Waals surface area contributed by atoms with Crippen LogP contribution in [0.25, 0.3) is 11.0 Å². The average Bonchev–Trinajstić information content (AvgIpc) is 2.84. The van der Waals surface area contributed by atoms with Crippen molar-refractivity contribution in [2.45, 2.75) is 4.90 Å². The van der Waals surface area contributed by atoms with Crippen molar-refractivity contribution in [3.8, 4) is 0 Å². The Morgan fingerprint density at radius 3 is 2.39 bits per heavy atom. The molecule has 89 valence electrons. The van der Waals surface area contributed by atoms with Crippen LogP contribution in [0, 0.1) is 6.33 Å². The molecule has 0 aliphatic heterocycles. The maximum Gasteiger partial charge on any atom is 0.270 e. The number of para-hydroxylation sites is 2. The summed E-state index contributed by atoms with van der Waals surface area (Å²) >= 11 is 0. The van der Waals surface area contributed by atoms with E-state index in [0.29, 0.717) is 11.0 Å². The molecule has 5 heteroatoms. The van der Waals surface area contributed by atoms with Crippen molar-refractivity contribution in [2.75, 3.05) is 0 Å². The van der Waals surface area contributed by atoms with E-state index in [1.54, 1.807) is 48.5 Å². The Labute approximate surface area is 105 Å². The molecule has 3 rings (SSSR count). The number of imidazole rings is 1. The summed E-state index contributed by atoms with van der Waals surface area (Å²) < 4.78 is 25.9. The van der Waals surface area contributed by atoms with Crippen molar-refractivity contribution < 1.29 is 8.42 Å². The second-order valence-corrected chi connectivity index (χ2v) is 5.57. The second-order valence-electron chi connectivity index (χ2n) is 3.78. The summed E-state index contributed by atoms with van der Waals surface area (Å²) in [5, 5.41) is 0. The molecule has 0 aliphatic rings. The summed E-state index contributed by atoms with van der Waals surface area (Å²) in [4.78, 5) is 4.20. The molecule has 1 heterocycles. The first-order valence-corrected chi connectivity index (χ1v) is 6.79. The Hall–Kier alpha value is -2.14. The first kappa shape index (κ1) is 11.0. The lowest BCUT2D eigenvalue weighted by Gasteiger charge is -2.05. The van der Waals surface area contributed by atoms with Crippen molar-refractivity contribution in [3.05, 3.63) is 60.9 Å². The van der Waals surface area contributed by atoms with Crippen LogP contribution < -0.4 is 0 Å². The zero-order valence-electron chi connectivity index (χ0n) is 9.32. The van der Waals surface area contributed by atoms with Gasteiger partial charge in [-0.15, -0.1) is 0 Å². The van der Waals surface area contributed by atoms with E-state index in [-0.39, 0.29) is 4.90 Å². The molecule has 0 spiro atoms. The quantitative estimate of drug-likeness (QED) is 0.706. The van der Waals surface area contributed by atoms with Crippen LogP contribution >= 0.6 is 0 Å². The number of fused-ring (bicyclic) bond motifs is 1. The zero-order valence-corrected chi connectivity index (χ0v) is 10.1. The monoisotopic (exact) mass is 257 g/mol. The molecule has 4 nitrogen and oxygen atoms in total. The maximum atomic E-state index is 12.4. The zero-order chi connectivity index (χ0) is 12.6. The smallest absolute Gasteiger partial charge is 0.224 e. The molecular weight excluding hydrogens is 248 g/mol. The van der Waals surface area contributed by atoms with E-state index in [0.717, 1.165) is 3.97 Å². The van der Waals surface area contributed by atoms with Crippen LogP contribution in [0.15, 0.2) is 59.5 Å². The van der Waals surface area contributed by atoms with Gasteiger partial charge in [-0.2, -0.15) is 0 Å². The fourth-order valence-electron chi connectivity index (χ4n) is 1.76. The largest absolute Gasteiger partial charge is 0.270 e. The first-order chi connectivity index (χ1) is 8.69. The molecule has 2 aromatic carbocycles. The van der Waals surface area contributed by atoms with Crippen LogP contribution in [0.1, 0.15) is 0 Å². The minimum Gasteiger partial charge on any atom is -0.224 e. The normalized spacial score (nSPS) is 11.8. The topological polar surface area (TPSA) is 52.0 Å². The van der Waals surface area contributed by atoms with Gasteiger partial charge < -0.3 is 0 Å². The number of rotatable bonds is 2. The van der Waals surface area contributed by atoms with Crippen LogP contribution in [0.5, 0.6) is 0 Å². The van der Waals surface area contributed by atoms with E-state index in [2.05, 4.69) is 11.3 Å². The van der Waals surface area contributed by atoms with Crippen molar-refractivity contribution in [2.24, 2.45) is 0 Å². The van der Waals surface area contributed by atoms with Gasteiger partial charge in [0.15, 0.2) is 6.33 Å². The van der Waals surface area contributed by atoms with E-state index in [1.165, 1.54) is 0 Å². The van der Waals surface area contributed by atoms with Gasteiger partial charge in [-0.05, 0) is 24.3 Å². The Morgan fingerprint density at radius 1 is 0.944 bits per heavy atom. The third-order valence-electron chi connectivity index (χ3n) is 2.64. The van der Waals surface area contributed by atoms with Gasteiger partial charge in [0, 0.05) is 0 Å². The highest BCUT2D eigenvalue weighted by atomic mass is 32.2. The molecule has 0 amide bonds. The standard InChI is InChI=1S/C13H9N2O2S/c16-18(17,11-6-2-1-3-7-11)15-10-14-12-8-4-5-9-13(12)15/h1-9H. The second kappa shape index (κ2) is 3.96. The summed E-state index contributed by atoms with van der Waals surface area (Å²) in [5.41, 5.74) is 1.14. The lowest BCUT2D eigenvalue weighted by molar-refractivity contribution is 0.588. The third kappa shape index (κ3) is 1.60. The van der Waals surface area contributed by atoms with Crippen molar-refractivity contribution in [1.29, 1.82) is 0 Å². The summed E-state index contributed by atoms with van der Waals surface area (Å²) in [5.74, 6) is 0. The first-order valence-electron chi connectivity index (χ1n) is 5.35. The number of aromatic nitrogens is 2. The molecule has 0 bridgehead atoms. The van der Waals surface area contributed by atoms with Crippen molar-refractivity contribution in [1.82, 2.24) is 8.96 Å². The highest BCUT2D eigenvalue weighted by molar-refractivity contribution is 7.90. The predicted octanol–water partition coefficient (Wildman–Crippen LogP) is 2.07. The highest BCUT2D eigenvalue weighted by Crippen LogP contribution is 2.19. The van der Waals surface area contributed by atoms with Crippen LogP contribution in [-0.4, -0.2) is 17.4 Å². The molecule has 1 aromatic heterocycles. The fraction of sp³-hybridized carbons (Fsp3) is 0. The lowest BCUT2D eigenvalue weighted by Crippen LogP contribution is -2.11. The summed E-state index contributed by atoms with van der Waals surface area (Å²) in [6, 6.07) is 15.3. The van der Waals surface area contributed by atoms with Gasteiger partial charge in [0.2, 0.25) is 0 Å². The van der Waals surface area contributed by atoms with E-state index in [1.807, 2.05) is 6.07 Å². The molecule has 0 fully saturated rings. The van der Waals surface area contributed by atoms with Crippen LogP contribution in [-0.2, 0) is 10.0 Å². The van der Waals surface area contributed by atoms with Gasteiger partial charge in [-0.3, -0.25) is 0 Å². The highest BCUT2D eigenvalue weighted by Gasteiger charge is 2.19. The van der Waals surface area contributed by atoms with Crippen LogP contribution in [0.4, 0.5) is 0 Å². The Morgan fingerprint density at radius 2 is 1.61 bits per heavy atom. The van der Waals surface area contributed by atoms with Gasteiger partial charge >= 0.3 is 0 Å². The molecule has 18 heavy (non-hydrogen) atoms. The van der Waals surface area contributed by atoms with Gasteiger partial charge in [0.1, 0.15) is 0 Å². The Bertz CT molecular complexity index is 792. The number of hydrogen-bond donors (Lipinski definition) is 0. The molecule has 0 N–H and O–H groups in total. The average molecular weight is 257 g/mol.